The second-order valence-electron chi connectivity index (χ2n) is 4.99. The predicted octanol–water partition coefficient (Wildman–Crippen LogP) is 2.56. The third-order valence-corrected chi connectivity index (χ3v) is 3.56. The monoisotopic (exact) mass is 255 g/mol. The number of nitrogens with zero attached hydrogens (tertiary/aromatic N) is 3. The maximum absolute atomic E-state index is 12.6. The fourth-order valence-corrected chi connectivity index (χ4v) is 2.60. The zero-order valence-corrected chi connectivity index (χ0v) is 11.1. The van der Waals surface area contributed by atoms with Crippen molar-refractivity contribution in [2.75, 3.05) is 13.1 Å². The molecule has 0 unspecified atom stereocenters. The van der Waals surface area contributed by atoms with E-state index in [4.69, 9.17) is 0 Å². The van der Waals surface area contributed by atoms with Crippen LogP contribution in [-0.4, -0.2) is 33.9 Å². The van der Waals surface area contributed by atoms with Gasteiger partial charge in [0, 0.05) is 18.5 Å². The highest BCUT2D eigenvalue weighted by atomic mass is 16.2. The van der Waals surface area contributed by atoms with E-state index in [0.717, 1.165) is 36.8 Å². The van der Waals surface area contributed by atoms with Crippen LogP contribution < -0.4 is 0 Å². The Hall–Kier alpha value is -1.97. The first kappa shape index (κ1) is 12.1. The lowest BCUT2D eigenvalue weighted by atomic mass is 10.1. The number of piperidine rings is 1. The summed E-state index contributed by atoms with van der Waals surface area (Å²) < 4.78 is 0. The summed E-state index contributed by atoms with van der Waals surface area (Å²) >= 11 is 0. The molecule has 0 radical (unpaired) electrons. The van der Waals surface area contributed by atoms with E-state index in [1.807, 2.05) is 36.1 Å². The number of likely N-dealkylation sites (tertiary alicyclic amines) is 1. The number of para-hydroxylation sites is 1. The molecule has 0 saturated carbocycles. The number of hydrogen-bond donors (Lipinski definition) is 0. The quantitative estimate of drug-likeness (QED) is 0.786. The number of amides is 1. The standard InChI is InChI=1S/C15H17N3O/c1-11-16-13-8-4-3-7-12(13)14(17-11)15(19)18-9-5-2-6-10-18/h3-4,7-8H,2,5-6,9-10H2,1H3. The van der Waals surface area contributed by atoms with Crippen LogP contribution in [0.3, 0.4) is 0 Å². The second-order valence-corrected chi connectivity index (χ2v) is 4.99. The number of aryl methyl sites for hydroxylation is 1. The smallest absolute Gasteiger partial charge is 0.273 e. The average Bonchev–Trinajstić information content (AvgIpc) is 2.46. The summed E-state index contributed by atoms with van der Waals surface area (Å²) in [7, 11) is 0. The molecular weight excluding hydrogens is 238 g/mol. The second kappa shape index (κ2) is 4.96. The number of rotatable bonds is 1. The summed E-state index contributed by atoms with van der Waals surface area (Å²) in [4.78, 5) is 23.3. The number of aromatic nitrogens is 2. The first-order valence-electron chi connectivity index (χ1n) is 6.78. The van der Waals surface area contributed by atoms with E-state index in [1.54, 1.807) is 0 Å². The fraction of sp³-hybridized carbons (Fsp3) is 0.400. The van der Waals surface area contributed by atoms with E-state index in [2.05, 4.69) is 9.97 Å². The van der Waals surface area contributed by atoms with Crippen molar-refractivity contribution in [3.8, 4) is 0 Å². The molecule has 4 heteroatoms. The Morgan fingerprint density at radius 3 is 2.63 bits per heavy atom. The van der Waals surface area contributed by atoms with Crippen LogP contribution in [0.15, 0.2) is 24.3 Å². The van der Waals surface area contributed by atoms with Crippen LogP contribution >= 0.6 is 0 Å². The highest BCUT2D eigenvalue weighted by Gasteiger charge is 2.21. The van der Waals surface area contributed by atoms with Gasteiger partial charge in [0.2, 0.25) is 0 Å². The van der Waals surface area contributed by atoms with E-state index in [9.17, 15) is 4.79 Å². The van der Waals surface area contributed by atoms with Gasteiger partial charge in [0.25, 0.3) is 5.91 Å². The maximum Gasteiger partial charge on any atom is 0.273 e. The third kappa shape index (κ3) is 2.30. The first-order chi connectivity index (χ1) is 9.25. The lowest BCUT2D eigenvalue weighted by Crippen LogP contribution is -2.36. The van der Waals surface area contributed by atoms with E-state index in [1.165, 1.54) is 6.42 Å². The molecule has 0 spiro atoms. The van der Waals surface area contributed by atoms with Crippen molar-refractivity contribution in [1.82, 2.24) is 14.9 Å². The molecule has 2 aromatic rings. The Morgan fingerprint density at radius 1 is 1.11 bits per heavy atom. The molecule has 1 aromatic carbocycles. The third-order valence-electron chi connectivity index (χ3n) is 3.56. The molecule has 0 bridgehead atoms. The minimum atomic E-state index is 0.0430. The van der Waals surface area contributed by atoms with E-state index in [0.29, 0.717) is 11.5 Å². The zero-order valence-electron chi connectivity index (χ0n) is 11.1. The van der Waals surface area contributed by atoms with Crippen LogP contribution in [-0.2, 0) is 0 Å². The van der Waals surface area contributed by atoms with Crippen molar-refractivity contribution in [1.29, 1.82) is 0 Å². The summed E-state index contributed by atoms with van der Waals surface area (Å²) in [6.07, 6.45) is 3.40. The fourth-order valence-electron chi connectivity index (χ4n) is 2.60. The van der Waals surface area contributed by atoms with Crippen LogP contribution in [0.1, 0.15) is 35.6 Å². The van der Waals surface area contributed by atoms with Gasteiger partial charge in [-0.2, -0.15) is 0 Å². The van der Waals surface area contributed by atoms with E-state index < -0.39 is 0 Å². The summed E-state index contributed by atoms with van der Waals surface area (Å²) in [5.74, 6) is 0.695. The molecule has 1 aliphatic heterocycles. The summed E-state index contributed by atoms with van der Waals surface area (Å²) in [5, 5.41) is 0.851. The molecule has 19 heavy (non-hydrogen) atoms. The molecule has 1 aliphatic rings. The van der Waals surface area contributed by atoms with Gasteiger partial charge in [-0.05, 0) is 32.3 Å². The van der Waals surface area contributed by atoms with Crippen molar-refractivity contribution in [2.24, 2.45) is 0 Å². The van der Waals surface area contributed by atoms with Gasteiger partial charge >= 0.3 is 0 Å². The van der Waals surface area contributed by atoms with Gasteiger partial charge in [0.05, 0.1) is 5.52 Å². The topological polar surface area (TPSA) is 46.1 Å². The van der Waals surface area contributed by atoms with Crippen molar-refractivity contribution in [3.63, 3.8) is 0 Å². The van der Waals surface area contributed by atoms with Crippen LogP contribution in [0, 0.1) is 6.92 Å². The minimum Gasteiger partial charge on any atom is -0.337 e. The van der Waals surface area contributed by atoms with Crippen LogP contribution in [0.4, 0.5) is 0 Å². The summed E-state index contributed by atoms with van der Waals surface area (Å²) in [6.45, 7) is 3.52. The van der Waals surface area contributed by atoms with Gasteiger partial charge in [0.1, 0.15) is 11.5 Å². The van der Waals surface area contributed by atoms with E-state index >= 15 is 0 Å². The first-order valence-corrected chi connectivity index (χ1v) is 6.78. The molecule has 98 valence electrons. The Kier molecular flexibility index (Phi) is 3.15. The van der Waals surface area contributed by atoms with Gasteiger partial charge in [-0.1, -0.05) is 18.2 Å². The van der Waals surface area contributed by atoms with Crippen molar-refractivity contribution in [2.45, 2.75) is 26.2 Å². The molecule has 4 nitrogen and oxygen atoms in total. The highest BCUT2D eigenvalue weighted by Crippen LogP contribution is 2.19. The van der Waals surface area contributed by atoms with Crippen molar-refractivity contribution >= 4 is 16.8 Å². The lowest BCUT2D eigenvalue weighted by molar-refractivity contribution is 0.0720. The molecule has 1 aromatic heterocycles. The molecule has 3 rings (SSSR count). The van der Waals surface area contributed by atoms with Gasteiger partial charge < -0.3 is 4.90 Å². The zero-order chi connectivity index (χ0) is 13.2. The minimum absolute atomic E-state index is 0.0430. The number of carbonyl (C=O) groups is 1. The van der Waals surface area contributed by atoms with Crippen molar-refractivity contribution in [3.05, 3.63) is 35.8 Å². The molecule has 1 amide bonds. The highest BCUT2D eigenvalue weighted by molar-refractivity contribution is 6.04. The van der Waals surface area contributed by atoms with Gasteiger partial charge in [0.15, 0.2) is 0 Å². The molecular formula is C15H17N3O. The Labute approximate surface area is 112 Å². The number of benzene rings is 1. The average molecular weight is 255 g/mol. The SMILES string of the molecule is Cc1nc(C(=O)N2CCCCC2)c2ccccc2n1. The predicted molar refractivity (Wildman–Crippen MR) is 74.0 cm³/mol. The molecule has 2 heterocycles. The summed E-state index contributed by atoms with van der Waals surface area (Å²) in [6, 6.07) is 7.71. The lowest BCUT2D eigenvalue weighted by Gasteiger charge is -2.26. The Bertz CT molecular complexity index is 618. The molecule has 1 fully saturated rings. The Morgan fingerprint density at radius 2 is 1.84 bits per heavy atom. The van der Waals surface area contributed by atoms with Crippen LogP contribution in [0.5, 0.6) is 0 Å². The summed E-state index contributed by atoms with van der Waals surface area (Å²) in [5.41, 5.74) is 1.39. The van der Waals surface area contributed by atoms with Crippen LogP contribution in [0.2, 0.25) is 0 Å². The van der Waals surface area contributed by atoms with Gasteiger partial charge in [-0.15, -0.1) is 0 Å². The molecule has 0 N–H and O–H groups in total. The van der Waals surface area contributed by atoms with Crippen LogP contribution in [0.25, 0.3) is 10.9 Å². The molecule has 1 saturated heterocycles. The normalized spacial score (nSPS) is 15.7. The molecule has 0 aliphatic carbocycles. The van der Waals surface area contributed by atoms with Gasteiger partial charge in [-0.25, -0.2) is 9.97 Å². The maximum atomic E-state index is 12.6. The van der Waals surface area contributed by atoms with Crippen molar-refractivity contribution < 1.29 is 4.79 Å². The van der Waals surface area contributed by atoms with E-state index in [-0.39, 0.29) is 5.91 Å². The number of hydrogen-bond acceptors (Lipinski definition) is 3. The largest absolute Gasteiger partial charge is 0.337 e. The number of carbonyl (C=O) groups excluding carboxylic acids is 1. The van der Waals surface area contributed by atoms with Gasteiger partial charge in [-0.3, -0.25) is 4.79 Å². The Balaban J connectivity index is 2.05. The number of fused-ring (bicyclic) bond motifs is 1. The molecule has 0 atom stereocenters.